The van der Waals surface area contributed by atoms with Crippen LogP contribution in [0.3, 0.4) is 0 Å². The van der Waals surface area contributed by atoms with E-state index in [0.29, 0.717) is 11.6 Å². The molecule has 8 heteroatoms. The van der Waals surface area contributed by atoms with Gasteiger partial charge in [0.1, 0.15) is 0 Å². The summed E-state index contributed by atoms with van der Waals surface area (Å²) in [5.74, 6) is 0.746. The molecule has 1 amide bonds. The summed E-state index contributed by atoms with van der Waals surface area (Å²) in [5, 5.41) is 18.4. The van der Waals surface area contributed by atoms with E-state index in [-0.39, 0.29) is 17.8 Å². The lowest BCUT2D eigenvalue weighted by Gasteiger charge is -2.32. The van der Waals surface area contributed by atoms with Gasteiger partial charge in [-0.05, 0) is 44.1 Å². The first-order valence-corrected chi connectivity index (χ1v) is 9.76. The van der Waals surface area contributed by atoms with Crippen LogP contribution in [0.5, 0.6) is 0 Å². The van der Waals surface area contributed by atoms with Crippen molar-refractivity contribution in [2.45, 2.75) is 45.4 Å². The monoisotopic (exact) mass is 371 g/mol. The van der Waals surface area contributed by atoms with Gasteiger partial charge in [-0.2, -0.15) is 5.10 Å². The molecule has 8 nitrogen and oxygen atoms in total. The molecular formula is C19H29N7O. The number of rotatable bonds is 7. The van der Waals surface area contributed by atoms with Crippen molar-refractivity contribution >= 4 is 28.6 Å². The van der Waals surface area contributed by atoms with Gasteiger partial charge < -0.3 is 16.0 Å². The first-order valence-electron chi connectivity index (χ1n) is 9.76. The third-order valence-corrected chi connectivity index (χ3v) is 5.43. The van der Waals surface area contributed by atoms with Crippen LogP contribution in [0, 0.1) is 17.2 Å². The number of fused-ring (bicyclic) bond motifs is 1. The standard InChI is InChI=1S/C19H29N7O/c1-2-3-10-26(19(20)21)12-13-4-6-14(7-5-13)18(27)24-16-8-9-22-17-15(16)11-23-25-17/h8-9,11,13-14H,2-7,10,12H2,1H3,(H3,20,21)(H2,22,23,24,25,27). The number of amides is 1. The van der Waals surface area contributed by atoms with Gasteiger partial charge in [-0.3, -0.25) is 15.3 Å². The maximum absolute atomic E-state index is 12.7. The maximum atomic E-state index is 12.7. The fourth-order valence-corrected chi connectivity index (χ4v) is 3.77. The molecule has 0 radical (unpaired) electrons. The van der Waals surface area contributed by atoms with E-state index in [4.69, 9.17) is 11.1 Å². The Morgan fingerprint density at radius 2 is 2.19 bits per heavy atom. The zero-order valence-corrected chi connectivity index (χ0v) is 15.9. The fourth-order valence-electron chi connectivity index (χ4n) is 3.77. The molecule has 1 aliphatic rings. The van der Waals surface area contributed by atoms with E-state index in [9.17, 15) is 4.79 Å². The third-order valence-electron chi connectivity index (χ3n) is 5.43. The Labute approximate surface area is 159 Å². The highest BCUT2D eigenvalue weighted by Gasteiger charge is 2.28. The Kier molecular flexibility index (Phi) is 6.26. The van der Waals surface area contributed by atoms with Crippen molar-refractivity contribution in [3.63, 3.8) is 0 Å². The minimum Gasteiger partial charge on any atom is -0.370 e. The van der Waals surface area contributed by atoms with Gasteiger partial charge in [0.25, 0.3) is 0 Å². The number of aromatic nitrogens is 3. The number of hydrogen-bond acceptors (Lipinski definition) is 4. The van der Waals surface area contributed by atoms with Crippen molar-refractivity contribution in [1.82, 2.24) is 20.1 Å². The highest BCUT2D eigenvalue weighted by Crippen LogP contribution is 2.31. The zero-order valence-electron chi connectivity index (χ0n) is 15.9. The van der Waals surface area contributed by atoms with Crippen molar-refractivity contribution in [2.24, 2.45) is 17.6 Å². The predicted molar refractivity (Wildman–Crippen MR) is 106 cm³/mol. The van der Waals surface area contributed by atoms with Crippen molar-refractivity contribution in [2.75, 3.05) is 18.4 Å². The number of anilines is 1. The summed E-state index contributed by atoms with van der Waals surface area (Å²) in [6.07, 6.45) is 9.21. The number of H-pyrrole nitrogens is 1. The molecule has 2 aromatic rings. The molecule has 2 aromatic heterocycles. The van der Waals surface area contributed by atoms with E-state index in [1.165, 1.54) is 0 Å². The lowest BCUT2D eigenvalue weighted by atomic mass is 9.81. The van der Waals surface area contributed by atoms with E-state index in [1.807, 2.05) is 4.90 Å². The Morgan fingerprint density at radius 3 is 2.89 bits per heavy atom. The normalized spacial score (nSPS) is 19.7. The lowest BCUT2D eigenvalue weighted by molar-refractivity contribution is -0.121. The number of pyridine rings is 1. The van der Waals surface area contributed by atoms with Crippen LogP contribution >= 0.6 is 0 Å². The molecule has 1 aliphatic carbocycles. The molecule has 0 saturated heterocycles. The SMILES string of the molecule is CCCCN(CC1CCC(C(=O)Nc2ccnc3[nH]ncc23)CC1)C(=N)N. The molecule has 0 atom stereocenters. The van der Waals surface area contributed by atoms with Crippen molar-refractivity contribution in [3.8, 4) is 0 Å². The quantitative estimate of drug-likeness (QED) is 0.440. The second kappa shape index (κ2) is 8.83. The largest absolute Gasteiger partial charge is 0.370 e. The molecule has 1 saturated carbocycles. The van der Waals surface area contributed by atoms with Gasteiger partial charge >= 0.3 is 0 Å². The number of nitrogens with two attached hydrogens (primary N) is 1. The van der Waals surface area contributed by atoms with Gasteiger partial charge in [-0.15, -0.1) is 0 Å². The van der Waals surface area contributed by atoms with Gasteiger partial charge in [0.05, 0.1) is 17.3 Å². The average molecular weight is 371 g/mol. The van der Waals surface area contributed by atoms with E-state index in [1.54, 1.807) is 18.5 Å². The summed E-state index contributed by atoms with van der Waals surface area (Å²) in [7, 11) is 0. The summed E-state index contributed by atoms with van der Waals surface area (Å²) in [5.41, 5.74) is 7.15. The highest BCUT2D eigenvalue weighted by molar-refractivity contribution is 6.00. The van der Waals surface area contributed by atoms with Crippen LogP contribution in [0.1, 0.15) is 45.4 Å². The minimum absolute atomic E-state index is 0.0257. The van der Waals surface area contributed by atoms with Crippen LogP contribution in [0.15, 0.2) is 18.5 Å². The predicted octanol–water partition coefficient (Wildman–Crippen LogP) is 2.70. The number of guanidine groups is 1. The summed E-state index contributed by atoms with van der Waals surface area (Å²) >= 11 is 0. The van der Waals surface area contributed by atoms with Gasteiger partial charge in [0.2, 0.25) is 5.91 Å². The van der Waals surface area contributed by atoms with Crippen LogP contribution in [0.4, 0.5) is 5.69 Å². The summed E-state index contributed by atoms with van der Waals surface area (Å²) in [6, 6.07) is 1.81. The maximum Gasteiger partial charge on any atom is 0.227 e. The highest BCUT2D eigenvalue weighted by atomic mass is 16.1. The smallest absolute Gasteiger partial charge is 0.227 e. The molecule has 5 N–H and O–H groups in total. The molecule has 3 rings (SSSR count). The first kappa shape index (κ1) is 19.1. The molecule has 0 bridgehead atoms. The second-order valence-electron chi connectivity index (χ2n) is 7.38. The van der Waals surface area contributed by atoms with E-state index in [0.717, 1.165) is 62.7 Å². The number of unbranched alkanes of at least 4 members (excludes halogenated alkanes) is 1. The van der Waals surface area contributed by atoms with Crippen molar-refractivity contribution in [3.05, 3.63) is 18.5 Å². The summed E-state index contributed by atoms with van der Waals surface area (Å²) in [4.78, 5) is 18.9. The third kappa shape index (κ3) is 4.75. The van der Waals surface area contributed by atoms with Crippen molar-refractivity contribution < 1.29 is 4.79 Å². The van der Waals surface area contributed by atoms with Crippen LogP contribution in [0.25, 0.3) is 11.0 Å². The number of hydrogen-bond donors (Lipinski definition) is 4. The van der Waals surface area contributed by atoms with Crippen molar-refractivity contribution in [1.29, 1.82) is 5.41 Å². The first-order chi connectivity index (χ1) is 13.1. The number of carbonyl (C=O) groups is 1. The summed E-state index contributed by atoms with van der Waals surface area (Å²) < 4.78 is 0. The van der Waals surface area contributed by atoms with Gasteiger partial charge in [0.15, 0.2) is 11.6 Å². The Bertz CT molecular complexity index is 779. The number of aromatic amines is 1. The molecule has 146 valence electrons. The number of carbonyl (C=O) groups excluding carboxylic acids is 1. The lowest BCUT2D eigenvalue weighted by Crippen LogP contribution is -2.41. The molecule has 27 heavy (non-hydrogen) atoms. The molecule has 0 aromatic carbocycles. The van der Waals surface area contributed by atoms with Gasteiger partial charge in [0, 0.05) is 25.2 Å². The second-order valence-corrected chi connectivity index (χ2v) is 7.38. The van der Waals surface area contributed by atoms with Crippen LogP contribution in [-0.2, 0) is 4.79 Å². The minimum atomic E-state index is 0.0257. The average Bonchev–Trinajstić information content (AvgIpc) is 3.15. The molecule has 0 aliphatic heterocycles. The van der Waals surface area contributed by atoms with Crippen LogP contribution < -0.4 is 11.1 Å². The number of nitrogens with one attached hydrogen (secondary N) is 3. The topological polar surface area (TPSA) is 124 Å². The fraction of sp³-hybridized carbons (Fsp3) is 0.579. The van der Waals surface area contributed by atoms with Gasteiger partial charge in [-0.1, -0.05) is 13.3 Å². The van der Waals surface area contributed by atoms with Crippen LogP contribution in [-0.4, -0.2) is 45.0 Å². The Morgan fingerprint density at radius 1 is 1.41 bits per heavy atom. The molecule has 0 unspecified atom stereocenters. The van der Waals surface area contributed by atoms with E-state index < -0.39 is 0 Å². The zero-order chi connectivity index (χ0) is 19.2. The molecule has 0 spiro atoms. The number of nitrogens with zero attached hydrogens (tertiary/aromatic N) is 3. The van der Waals surface area contributed by atoms with Gasteiger partial charge in [-0.25, -0.2) is 4.98 Å². The van der Waals surface area contributed by atoms with Crippen LogP contribution in [0.2, 0.25) is 0 Å². The molecule has 1 fully saturated rings. The molecule has 2 heterocycles. The molecular weight excluding hydrogens is 342 g/mol. The van der Waals surface area contributed by atoms with E-state index in [2.05, 4.69) is 27.4 Å². The Balaban J connectivity index is 1.52. The Hall–Kier alpha value is -2.64. The van der Waals surface area contributed by atoms with E-state index >= 15 is 0 Å². The summed E-state index contributed by atoms with van der Waals surface area (Å²) in [6.45, 7) is 3.81.